The third-order valence-electron chi connectivity index (χ3n) is 7.32. The van der Waals surface area contributed by atoms with Crippen LogP contribution in [-0.4, -0.2) is 69.1 Å². The van der Waals surface area contributed by atoms with Gasteiger partial charge < -0.3 is 31.5 Å². The van der Waals surface area contributed by atoms with E-state index in [1.54, 1.807) is 6.92 Å². The quantitative estimate of drug-likeness (QED) is 0.254. The van der Waals surface area contributed by atoms with Crippen LogP contribution in [0.2, 0.25) is 0 Å². The Balaban J connectivity index is 1.69. The molecule has 220 valence electrons. The van der Waals surface area contributed by atoms with Gasteiger partial charge in [0, 0.05) is 12.6 Å². The largest absolute Gasteiger partial charge is 0.505 e. The van der Waals surface area contributed by atoms with Crippen LogP contribution < -0.4 is 21.3 Å². The molecule has 0 radical (unpaired) electrons. The number of aromatic nitrogens is 1. The number of nitrogens with one attached hydrogen (secondary N) is 4. The summed E-state index contributed by atoms with van der Waals surface area (Å²) in [6.07, 6.45) is 0.347. The van der Waals surface area contributed by atoms with Gasteiger partial charge in [0.05, 0.1) is 24.1 Å². The Hall–Kier alpha value is -4.77. The van der Waals surface area contributed by atoms with Crippen LogP contribution in [-0.2, 0) is 27.2 Å². The van der Waals surface area contributed by atoms with Gasteiger partial charge in [-0.25, -0.2) is 4.98 Å². The van der Waals surface area contributed by atoms with E-state index in [4.69, 9.17) is 0 Å². The molecule has 6 unspecified atom stereocenters. The van der Waals surface area contributed by atoms with E-state index in [1.807, 2.05) is 60.7 Å². The Labute approximate surface area is 243 Å². The molecule has 1 aromatic heterocycles. The first-order valence-electron chi connectivity index (χ1n) is 13.8. The van der Waals surface area contributed by atoms with Crippen molar-refractivity contribution >= 4 is 23.6 Å². The molecular weight excluding hydrogens is 538 g/mol. The molecule has 6 atom stereocenters. The van der Waals surface area contributed by atoms with Crippen LogP contribution in [0.3, 0.4) is 0 Å². The van der Waals surface area contributed by atoms with Gasteiger partial charge in [0.15, 0.2) is 5.69 Å². The minimum absolute atomic E-state index is 0.159. The summed E-state index contributed by atoms with van der Waals surface area (Å²) in [5, 5.41) is 32.4. The number of carbonyl (C=O) groups is 4. The molecule has 0 bridgehead atoms. The van der Waals surface area contributed by atoms with E-state index in [1.165, 1.54) is 25.3 Å². The van der Waals surface area contributed by atoms with Crippen LogP contribution in [0, 0.1) is 5.92 Å². The van der Waals surface area contributed by atoms with E-state index in [9.17, 15) is 29.4 Å². The van der Waals surface area contributed by atoms with Crippen molar-refractivity contribution in [1.29, 1.82) is 0 Å². The molecule has 1 aliphatic heterocycles. The van der Waals surface area contributed by atoms with Crippen molar-refractivity contribution in [2.24, 2.45) is 5.92 Å². The zero-order valence-corrected chi connectivity index (χ0v) is 23.4. The molecule has 4 amide bonds. The van der Waals surface area contributed by atoms with Crippen molar-refractivity contribution in [2.75, 3.05) is 0 Å². The SMILES string of the molecule is CC1NC(=O)C(Cc2ccccc2)NC(=O)C(C)C(O)C(Cc2ccccc2)NC(=O)C1NC(=O)c1ncccc1O. The fourth-order valence-corrected chi connectivity index (χ4v) is 4.87. The molecule has 42 heavy (non-hydrogen) atoms. The number of aromatic hydroxyl groups is 1. The summed E-state index contributed by atoms with van der Waals surface area (Å²) >= 11 is 0. The normalized spacial score (nSPS) is 25.2. The number of rotatable bonds is 6. The number of carbonyl (C=O) groups excluding carboxylic acids is 4. The molecule has 2 heterocycles. The molecule has 11 heteroatoms. The van der Waals surface area contributed by atoms with Gasteiger partial charge in [-0.15, -0.1) is 0 Å². The lowest BCUT2D eigenvalue weighted by molar-refractivity contribution is -0.136. The average Bonchev–Trinajstić information content (AvgIpc) is 2.99. The van der Waals surface area contributed by atoms with Gasteiger partial charge in [0.25, 0.3) is 5.91 Å². The summed E-state index contributed by atoms with van der Waals surface area (Å²) in [5.74, 6) is -4.02. The van der Waals surface area contributed by atoms with Crippen molar-refractivity contribution in [3.8, 4) is 5.75 Å². The maximum atomic E-state index is 13.7. The standard InChI is InChI=1S/C31H35N5O6/c1-18-27(38)22(16-20-10-5-3-6-11-20)34-30(41)25(36-31(42)26-24(37)14-9-15-32-26)19(2)33-29(40)23(35-28(18)39)17-21-12-7-4-8-13-21/h3-15,18-19,22-23,25,27,37-38H,16-17H2,1-2H3,(H,33,40)(H,34,41)(H,35,39)(H,36,42). The highest BCUT2D eigenvalue weighted by Gasteiger charge is 2.38. The molecule has 1 saturated heterocycles. The maximum Gasteiger partial charge on any atom is 0.274 e. The Kier molecular flexibility index (Phi) is 9.87. The number of benzene rings is 2. The zero-order chi connectivity index (χ0) is 30.2. The molecule has 0 spiro atoms. The summed E-state index contributed by atoms with van der Waals surface area (Å²) in [7, 11) is 0. The minimum atomic E-state index is -1.33. The van der Waals surface area contributed by atoms with Crippen LogP contribution in [0.1, 0.15) is 35.5 Å². The van der Waals surface area contributed by atoms with Gasteiger partial charge >= 0.3 is 0 Å². The molecule has 0 aliphatic carbocycles. The van der Waals surface area contributed by atoms with Gasteiger partial charge in [0.1, 0.15) is 17.8 Å². The van der Waals surface area contributed by atoms with E-state index < -0.39 is 59.8 Å². The lowest BCUT2D eigenvalue weighted by Gasteiger charge is -2.34. The zero-order valence-electron chi connectivity index (χ0n) is 23.4. The summed E-state index contributed by atoms with van der Waals surface area (Å²) in [6, 6.07) is 16.8. The second-order valence-corrected chi connectivity index (χ2v) is 10.5. The first-order chi connectivity index (χ1) is 20.1. The third kappa shape index (κ3) is 7.49. The number of hydrogen-bond acceptors (Lipinski definition) is 7. The van der Waals surface area contributed by atoms with Crippen LogP contribution in [0.15, 0.2) is 79.0 Å². The number of nitrogens with zero attached hydrogens (tertiary/aromatic N) is 1. The molecule has 2 aromatic carbocycles. The fraction of sp³-hybridized carbons (Fsp3) is 0.323. The van der Waals surface area contributed by atoms with Crippen molar-refractivity contribution in [2.45, 2.75) is 57.0 Å². The molecule has 0 saturated carbocycles. The molecule has 4 rings (SSSR count). The van der Waals surface area contributed by atoms with E-state index in [0.29, 0.717) is 0 Å². The predicted molar refractivity (Wildman–Crippen MR) is 154 cm³/mol. The topological polar surface area (TPSA) is 170 Å². The molecular formula is C31H35N5O6. The Bertz CT molecular complexity index is 1400. The first-order valence-corrected chi connectivity index (χ1v) is 13.8. The molecule has 3 aromatic rings. The highest BCUT2D eigenvalue weighted by molar-refractivity contribution is 5.98. The van der Waals surface area contributed by atoms with Crippen molar-refractivity contribution < 1.29 is 29.4 Å². The number of aliphatic hydroxyl groups excluding tert-OH is 1. The first kappa shape index (κ1) is 30.2. The minimum Gasteiger partial charge on any atom is -0.505 e. The second kappa shape index (κ2) is 13.7. The van der Waals surface area contributed by atoms with E-state index in [-0.39, 0.29) is 24.3 Å². The summed E-state index contributed by atoms with van der Waals surface area (Å²) < 4.78 is 0. The van der Waals surface area contributed by atoms with Crippen molar-refractivity contribution in [3.05, 3.63) is 95.8 Å². The van der Waals surface area contributed by atoms with Crippen LogP contribution in [0.4, 0.5) is 0 Å². The highest BCUT2D eigenvalue weighted by atomic mass is 16.3. The van der Waals surface area contributed by atoms with Gasteiger partial charge in [-0.05, 0) is 36.6 Å². The smallest absolute Gasteiger partial charge is 0.274 e. The van der Waals surface area contributed by atoms with Crippen LogP contribution >= 0.6 is 0 Å². The predicted octanol–water partition coefficient (Wildman–Crippen LogP) is 0.856. The summed E-state index contributed by atoms with van der Waals surface area (Å²) in [6.45, 7) is 3.07. The Morgan fingerprint density at radius 2 is 1.43 bits per heavy atom. The van der Waals surface area contributed by atoms with E-state index in [0.717, 1.165) is 11.1 Å². The molecule has 6 N–H and O–H groups in total. The molecule has 1 aliphatic rings. The Morgan fingerprint density at radius 3 is 2.05 bits per heavy atom. The van der Waals surface area contributed by atoms with Crippen LogP contribution in [0.5, 0.6) is 5.75 Å². The van der Waals surface area contributed by atoms with Gasteiger partial charge in [-0.3, -0.25) is 19.2 Å². The summed E-state index contributed by atoms with van der Waals surface area (Å²) in [4.78, 5) is 57.5. The number of hydrogen-bond donors (Lipinski definition) is 6. The number of pyridine rings is 1. The van der Waals surface area contributed by atoms with Gasteiger partial charge in [-0.1, -0.05) is 67.6 Å². The average molecular weight is 574 g/mol. The summed E-state index contributed by atoms with van der Waals surface area (Å²) in [5.41, 5.74) is 1.31. The second-order valence-electron chi connectivity index (χ2n) is 10.5. The monoisotopic (exact) mass is 573 g/mol. The highest BCUT2D eigenvalue weighted by Crippen LogP contribution is 2.17. The third-order valence-corrected chi connectivity index (χ3v) is 7.32. The maximum absolute atomic E-state index is 13.7. The molecule has 11 nitrogen and oxygen atoms in total. The van der Waals surface area contributed by atoms with Gasteiger partial charge in [0.2, 0.25) is 17.7 Å². The lowest BCUT2D eigenvalue weighted by atomic mass is 9.91. The lowest BCUT2D eigenvalue weighted by Crippen LogP contribution is -2.64. The molecule has 1 fully saturated rings. The van der Waals surface area contributed by atoms with E-state index in [2.05, 4.69) is 26.3 Å². The number of amides is 4. The van der Waals surface area contributed by atoms with Gasteiger partial charge in [-0.2, -0.15) is 0 Å². The fourth-order valence-electron chi connectivity index (χ4n) is 4.87. The van der Waals surface area contributed by atoms with Crippen molar-refractivity contribution in [1.82, 2.24) is 26.3 Å². The Morgan fingerprint density at radius 1 is 0.810 bits per heavy atom. The van der Waals surface area contributed by atoms with Crippen LogP contribution in [0.25, 0.3) is 0 Å². The van der Waals surface area contributed by atoms with Crippen molar-refractivity contribution in [3.63, 3.8) is 0 Å². The number of aliphatic hydroxyl groups is 1. The van der Waals surface area contributed by atoms with E-state index >= 15 is 0 Å².